The fraction of sp³-hybridized carbons (Fsp3) is 0.240. The van der Waals surface area contributed by atoms with E-state index in [0.29, 0.717) is 49.5 Å². The maximum absolute atomic E-state index is 13.0. The van der Waals surface area contributed by atoms with E-state index in [-0.39, 0.29) is 11.6 Å². The summed E-state index contributed by atoms with van der Waals surface area (Å²) in [5.41, 5.74) is 9.00. The molecule has 2 aliphatic rings. The third-order valence-corrected chi connectivity index (χ3v) is 5.66. The summed E-state index contributed by atoms with van der Waals surface area (Å²) in [5.74, 6) is -0.0362. The fourth-order valence-electron chi connectivity index (χ4n) is 4.00. The number of aryl methyl sites for hydroxylation is 1. The molecule has 3 heterocycles. The van der Waals surface area contributed by atoms with Crippen LogP contribution in [0, 0.1) is 12.3 Å². The molecule has 0 bridgehead atoms. The number of nitrogens with one attached hydrogen (secondary N) is 2. The number of benzodiazepines with no additional fused rings is 1. The van der Waals surface area contributed by atoms with E-state index >= 15 is 0 Å². The standard InChI is InChI=1S/C25H25N7O4/c1-15-28-20(24(35-15)32-11-13-34-14-12-32)21(26)36-25(27)31-22-23(33)29-18-10-6-5-9-17(18)19(30-22)16-7-3-2-4-8-16/h2-10,22,26H,11-14H2,1H3,(H2,27,31)(H,29,33)/t22-/m1/s1. The van der Waals surface area contributed by atoms with Crippen LogP contribution in [0.25, 0.3) is 0 Å². The second-order valence-corrected chi connectivity index (χ2v) is 8.14. The smallest absolute Gasteiger partial charge is 0.291 e. The quantitative estimate of drug-likeness (QED) is 0.377. The summed E-state index contributed by atoms with van der Waals surface area (Å²) >= 11 is 0. The highest BCUT2D eigenvalue weighted by molar-refractivity contribution is 6.19. The second-order valence-electron chi connectivity index (χ2n) is 8.14. The summed E-state index contributed by atoms with van der Waals surface area (Å²) in [6, 6.07) is 16.5. The molecular weight excluding hydrogens is 462 g/mol. The lowest BCUT2D eigenvalue weighted by Gasteiger charge is -2.26. The lowest BCUT2D eigenvalue weighted by molar-refractivity contribution is -0.117. The molecule has 2 aromatic carbocycles. The number of carbonyl (C=O) groups is 1. The first kappa shape index (κ1) is 23.2. The predicted molar refractivity (Wildman–Crippen MR) is 135 cm³/mol. The van der Waals surface area contributed by atoms with Gasteiger partial charge >= 0.3 is 0 Å². The first-order valence-corrected chi connectivity index (χ1v) is 11.4. The number of morpholine rings is 1. The van der Waals surface area contributed by atoms with Crippen molar-refractivity contribution in [2.24, 2.45) is 15.7 Å². The van der Waals surface area contributed by atoms with Crippen molar-refractivity contribution >= 4 is 35.1 Å². The van der Waals surface area contributed by atoms with Crippen LogP contribution in [0.1, 0.15) is 22.7 Å². The number of amides is 1. The molecule has 0 saturated carbocycles. The number of hydrogen-bond donors (Lipinski definition) is 3. The van der Waals surface area contributed by atoms with E-state index in [4.69, 9.17) is 25.0 Å². The molecule has 4 N–H and O–H groups in total. The van der Waals surface area contributed by atoms with Crippen molar-refractivity contribution in [3.8, 4) is 0 Å². The first-order chi connectivity index (χ1) is 17.5. The number of nitrogens with two attached hydrogens (primary N) is 1. The van der Waals surface area contributed by atoms with Gasteiger partial charge < -0.3 is 29.8 Å². The number of ether oxygens (including phenoxy) is 2. The summed E-state index contributed by atoms with van der Waals surface area (Å²) in [4.78, 5) is 28.0. The zero-order valence-electron chi connectivity index (χ0n) is 19.6. The first-order valence-electron chi connectivity index (χ1n) is 11.4. The van der Waals surface area contributed by atoms with Gasteiger partial charge in [-0.1, -0.05) is 48.5 Å². The van der Waals surface area contributed by atoms with Crippen molar-refractivity contribution in [1.29, 1.82) is 5.41 Å². The number of nitrogens with zero attached hydrogens (tertiary/aromatic N) is 4. The van der Waals surface area contributed by atoms with Crippen molar-refractivity contribution in [3.63, 3.8) is 0 Å². The number of hydrogen-bond acceptors (Lipinski definition) is 9. The highest BCUT2D eigenvalue weighted by Crippen LogP contribution is 2.25. The van der Waals surface area contributed by atoms with E-state index < -0.39 is 18.1 Å². The van der Waals surface area contributed by atoms with Gasteiger partial charge in [0.05, 0.1) is 24.6 Å². The average Bonchev–Trinajstić information content (AvgIpc) is 3.23. The summed E-state index contributed by atoms with van der Waals surface area (Å²) < 4.78 is 16.6. The number of para-hydroxylation sites is 1. The van der Waals surface area contributed by atoms with Gasteiger partial charge in [-0.25, -0.2) is 9.98 Å². The van der Waals surface area contributed by atoms with Gasteiger partial charge in [-0.05, 0) is 6.07 Å². The van der Waals surface area contributed by atoms with Crippen LogP contribution < -0.4 is 16.0 Å². The van der Waals surface area contributed by atoms with E-state index in [1.165, 1.54) is 0 Å². The van der Waals surface area contributed by atoms with Crippen LogP contribution in [0.3, 0.4) is 0 Å². The molecule has 11 nitrogen and oxygen atoms in total. The Morgan fingerprint density at radius 2 is 1.89 bits per heavy atom. The lowest BCUT2D eigenvalue weighted by Crippen LogP contribution is -2.37. The van der Waals surface area contributed by atoms with Gasteiger partial charge in [0, 0.05) is 31.1 Å². The topological polar surface area (TPSA) is 151 Å². The van der Waals surface area contributed by atoms with Crippen LogP contribution in [0.4, 0.5) is 11.6 Å². The Labute approximate surface area is 207 Å². The lowest BCUT2D eigenvalue weighted by atomic mass is 10.0. The molecule has 184 valence electrons. The maximum Gasteiger partial charge on any atom is 0.291 e. The van der Waals surface area contributed by atoms with Gasteiger partial charge in [0.15, 0.2) is 11.6 Å². The molecule has 1 aromatic heterocycles. The van der Waals surface area contributed by atoms with Gasteiger partial charge in [0.1, 0.15) is 0 Å². The normalized spacial score (nSPS) is 18.1. The monoisotopic (exact) mass is 487 g/mol. The number of aromatic nitrogens is 1. The number of anilines is 2. The van der Waals surface area contributed by atoms with Crippen molar-refractivity contribution in [3.05, 3.63) is 77.3 Å². The highest BCUT2D eigenvalue weighted by Gasteiger charge is 2.28. The third-order valence-electron chi connectivity index (χ3n) is 5.66. The van der Waals surface area contributed by atoms with Crippen LogP contribution in [-0.4, -0.2) is 61.0 Å². The molecule has 0 aliphatic carbocycles. The molecule has 0 radical (unpaired) electrons. The van der Waals surface area contributed by atoms with Crippen LogP contribution in [0.15, 0.2) is 69.0 Å². The van der Waals surface area contributed by atoms with Crippen LogP contribution in [-0.2, 0) is 14.3 Å². The Morgan fingerprint density at radius 1 is 1.17 bits per heavy atom. The van der Waals surface area contributed by atoms with E-state index in [2.05, 4.69) is 20.3 Å². The van der Waals surface area contributed by atoms with E-state index in [1.807, 2.05) is 53.4 Å². The van der Waals surface area contributed by atoms with Gasteiger partial charge in [-0.2, -0.15) is 4.99 Å². The molecular formula is C25H25N7O4. The molecule has 0 spiro atoms. The van der Waals surface area contributed by atoms with Gasteiger partial charge in [0.25, 0.3) is 11.9 Å². The Hall–Kier alpha value is -4.51. The zero-order chi connectivity index (χ0) is 25.1. The molecule has 1 amide bonds. The van der Waals surface area contributed by atoms with Crippen LogP contribution in [0.2, 0.25) is 0 Å². The summed E-state index contributed by atoms with van der Waals surface area (Å²) in [7, 11) is 0. The Balaban J connectivity index is 1.42. The average molecular weight is 488 g/mol. The van der Waals surface area contributed by atoms with E-state index in [0.717, 1.165) is 11.1 Å². The number of benzene rings is 2. The molecule has 36 heavy (non-hydrogen) atoms. The summed E-state index contributed by atoms with van der Waals surface area (Å²) in [6.45, 7) is 3.96. The van der Waals surface area contributed by atoms with Crippen LogP contribution >= 0.6 is 0 Å². The molecule has 1 fully saturated rings. The van der Waals surface area contributed by atoms with Gasteiger partial charge in [-0.3, -0.25) is 10.2 Å². The Kier molecular flexibility index (Phi) is 6.46. The van der Waals surface area contributed by atoms with Gasteiger partial charge in [0.2, 0.25) is 17.9 Å². The van der Waals surface area contributed by atoms with Crippen molar-refractivity contribution in [2.45, 2.75) is 13.1 Å². The summed E-state index contributed by atoms with van der Waals surface area (Å²) in [6.07, 6.45) is -1.22. The molecule has 2 aliphatic heterocycles. The van der Waals surface area contributed by atoms with Crippen LogP contribution in [0.5, 0.6) is 0 Å². The molecule has 11 heteroatoms. The van der Waals surface area contributed by atoms with Gasteiger partial charge in [-0.15, -0.1) is 0 Å². The Morgan fingerprint density at radius 3 is 2.67 bits per heavy atom. The van der Waals surface area contributed by atoms with Crippen molar-refractivity contribution < 1.29 is 18.7 Å². The fourth-order valence-corrected chi connectivity index (χ4v) is 4.00. The second kappa shape index (κ2) is 10.0. The molecule has 1 atom stereocenters. The SMILES string of the molecule is Cc1nc(C(=N)OC(N)=N[C@H]2N=C(c3ccccc3)c3ccccc3NC2=O)c(N2CCOCC2)o1. The largest absolute Gasteiger partial charge is 0.425 e. The van der Waals surface area contributed by atoms with E-state index in [9.17, 15) is 4.79 Å². The number of oxazole rings is 1. The number of aliphatic imine (C=N–C) groups is 2. The number of carbonyl (C=O) groups excluding carboxylic acids is 1. The molecule has 5 rings (SSSR count). The minimum absolute atomic E-state index is 0.193. The number of fused-ring (bicyclic) bond motifs is 1. The summed E-state index contributed by atoms with van der Waals surface area (Å²) in [5, 5.41) is 11.3. The van der Waals surface area contributed by atoms with E-state index in [1.54, 1.807) is 13.0 Å². The molecule has 1 saturated heterocycles. The number of amidine groups is 1. The minimum Gasteiger partial charge on any atom is -0.425 e. The predicted octanol–water partition coefficient (Wildman–Crippen LogP) is 2.29. The van der Waals surface area contributed by atoms with Crippen molar-refractivity contribution in [1.82, 2.24) is 4.98 Å². The minimum atomic E-state index is -1.22. The third kappa shape index (κ3) is 4.82. The highest BCUT2D eigenvalue weighted by atomic mass is 16.5. The molecule has 0 unspecified atom stereocenters. The molecule has 3 aromatic rings. The zero-order valence-corrected chi connectivity index (χ0v) is 19.6. The maximum atomic E-state index is 13.0. The number of rotatable bonds is 4. The van der Waals surface area contributed by atoms with Crippen molar-refractivity contribution in [2.75, 3.05) is 36.5 Å². The Bertz CT molecular complexity index is 1340.